The van der Waals surface area contributed by atoms with Gasteiger partial charge in [0.15, 0.2) is 0 Å². The van der Waals surface area contributed by atoms with Crippen molar-refractivity contribution in [3.8, 4) is 0 Å². The molecule has 0 spiro atoms. The van der Waals surface area contributed by atoms with Crippen molar-refractivity contribution in [2.45, 2.75) is 25.9 Å². The summed E-state index contributed by atoms with van der Waals surface area (Å²) in [7, 11) is 0. The Balaban J connectivity index is 1.88. The van der Waals surface area contributed by atoms with Gasteiger partial charge >= 0.3 is 6.18 Å². The summed E-state index contributed by atoms with van der Waals surface area (Å²) in [4.78, 5) is 16.8. The molecule has 8 heteroatoms. The van der Waals surface area contributed by atoms with Crippen LogP contribution in [0.2, 0.25) is 0 Å². The van der Waals surface area contributed by atoms with Gasteiger partial charge in [-0.3, -0.25) is 4.79 Å². The molecule has 0 aliphatic heterocycles. The number of nitrogens with one attached hydrogen (secondary N) is 1. The molecule has 0 bridgehead atoms. The summed E-state index contributed by atoms with van der Waals surface area (Å²) in [6.07, 6.45) is -4.57. The maximum absolute atomic E-state index is 13.4. The Morgan fingerprint density at radius 2 is 1.96 bits per heavy atom. The lowest BCUT2D eigenvalue weighted by Crippen LogP contribution is -2.27. The Morgan fingerprint density at radius 1 is 1.30 bits per heavy atom. The number of fused-ring (bicyclic) bond motifs is 1. The lowest BCUT2D eigenvalue weighted by atomic mass is 10.0. The predicted octanol–water partition coefficient (Wildman–Crippen LogP) is 4.74. The number of carbonyl (C=O) groups excluding carboxylic acids is 1. The van der Waals surface area contributed by atoms with E-state index in [0.717, 1.165) is 23.0 Å². The molecule has 3 N–H and O–H groups in total. The molecule has 1 atom stereocenters. The quantitative estimate of drug-likeness (QED) is 0.673. The van der Waals surface area contributed by atoms with Crippen LogP contribution in [0.5, 0.6) is 0 Å². The van der Waals surface area contributed by atoms with Gasteiger partial charge in [0.1, 0.15) is 9.71 Å². The molecule has 3 aromatic rings. The van der Waals surface area contributed by atoms with Crippen molar-refractivity contribution in [1.82, 2.24) is 10.3 Å². The van der Waals surface area contributed by atoms with Crippen LogP contribution in [-0.2, 0) is 6.18 Å². The van der Waals surface area contributed by atoms with E-state index >= 15 is 0 Å². The molecule has 3 rings (SSSR count). The number of amides is 1. The maximum Gasteiger partial charge on any atom is 0.417 e. The Bertz CT molecular complexity index is 983. The summed E-state index contributed by atoms with van der Waals surface area (Å²) in [6.45, 7) is 3.78. The summed E-state index contributed by atoms with van der Waals surface area (Å²) < 4.78 is 40.1. The highest BCUT2D eigenvalue weighted by Crippen LogP contribution is 2.42. The van der Waals surface area contributed by atoms with Gasteiger partial charge in [-0.15, -0.1) is 11.3 Å². The van der Waals surface area contributed by atoms with Crippen molar-refractivity contribution in [2.24, 2.45) is 0 Å². The van der Waals surface area contributed by atoms with Gasteiger partial charge in [-0.05, 0) is 24.5 Å². The van der Waals surface area contributed by atoms with Gasteiger partial charge < -0.3 is 11.1 Å². The highest BCUT2D eigenvalue weighted by molar-refractivity contribution is 7.21. The third kappa shape index (κ3) is 3.90. The first-order valence-corrected chi connectivity index (χ1v) is 9.10. The van der Waals surface area contributed by atoms with E-state index in [1.807, 2.05) is 37.3 Å². The van der Waals surface area contributed by atoms with Crippen molar-refractivity contribution in [2.75, 3.05) is 12.3 Å². The molecule has 0 fully saturated rings. The number of nitrogen functional groups attached to an aromatic ring is 1. The number of benzene rings is 1. The van der Waals surface area contributed by atoms with Crippen LogP contribution in [0.1, 0.15) is 39.3 Å². The summed E-state index contributed by atoms with van der Waals surface area (Å²) in [5.41, 5.74) is 6.15. The van der Waals surface area contributed by atoms with E-state index in [4.69, 9.17) is 5.73 Å². The second kappa shape index (κ2) is 7.19. The molecular formula is C19H18F3N3OS. The van der Waals surface area contributed by atoms with Crippen molar-refractivity contribution < 1.29 is 18.0 Å². The van der Waals surface area contributed by atoms with Crippen LogP contribution in [0.15, 0.2) is 36.4 Å². The van der Waals surface area contributed by atoms with Gasteiger partial charge in [-0.25, -0.2) is 4.98 Å². The average Bonchev–Trinajstić information content (AvgIpc) is 2.95. The fourth-order valence-electron chi connectivity index (χ4n) is 2.86. The van der Waals surface area contributed by atoms with Crippen molar-refractivity contribution >= 4 is 33.1 Å². The third-order valence-corrected chi connectivity index (χ3v) is 5.37. The van der Waals surface area contributed by atoms with Crippen molar-refractivity contribution in [3.63, 3.8) is 0 Å². The Hall–Kier alpha value is -2.61. The molecule has 0 unspecified atom stereocenters. The number of nitrogens with two attached hydrogens (primary N) is 1. The molecule has 0 radical (unpaired) electrons. The number of hydrogen-bond acceptors (Lipinski definition) is 4. The normalized spacial score (nSPS) is 12.9. The number of thiophene rings is 1. The maximum atomic E-state index is 13.4. The Labute approximate surface area is 158 Å². The minimum atomic E-state index is -4.57. The second-order valence-electron chi connectivity index (χ2n) is 6.36. The molecule has 1 aromatic carbocycles. The number of aromatic nitrogens is 1. The molecule has 1 amide bonds. The van der Waals surface area contributed by atoms with Crippen LogP contribution in [0.3, 0.4) is 0 Å². The van der Waals surface area contributed by atoms with E-state index in [-0.39, 0.29) is 32.4 Å². The van der Waals surface area contributed by atoms with Crippen LogP contribution in [0.4, 0.5) is 18.9 Å². The minimum Gasteiger partial charge on any atom is -0.397 e. The summed E-state index contributed by atoms with van der Waals surface area (Å²) >= 11 is 0.876. The standard InChI is InChI=1S/C19H18F3N3OS/c1-10(12-6-4-3-5-7-12)9-24-17(26)16-15(23)14-13(19(20,21)22)8-11(2)25-18(14)27-16/h3-8,10H,9,23H2,1-2H3,(H,24,26)/t10-/m1/s1. The fraction of sp³-hybridized carbons (Fsp3) is 0.263. The van der Waals surface area contributed by atoms with E-state index in [1.54, 1.807) is 0 Å². The van der Waals surface area contributed by atoms with Gasteiger partial charge in [0.05, 0.1) is 11.3 Å². The number of halogens is 3. The largest absolute Gasteiger partial charge is 0.417 e. The van der Waals surface area contributed by atoms with Gasteiger partial charge in [0.2, 0.25) is 0 Å². The van der Waals surface area contributed by atoms with E-state index in [1.165, 1.54) is 6.92 Å². The van der Waals surface area contributed by atoms with Crippen LogP contribution in [0, 0.1) is 6.92 Å². The van der Waals surface area contributed by atoms with Gasteiger partial charge in [0.25, 0.3) is 5.91 Å². The van der Waals surface area contributed by atoms with Crippen molar-refractivity contribution in [1.29, 1.82) is 0 Å². The van der Waals surface area contributed by atoms with E-state index < -0.39 is 17.6 Å². The molecule has 0 saturated carbocycles. The molecule has 27 heavy (non-hydrogen) atoms. The molecular weight excluding hydrogens is 375 g/mol. The zero-order chi connectivity index (χ0) is 19.8. The number of aryl methyl sites for hydroxylation is 1. The molecule has 142 valence electrons. The topological polar surface area (TPSA) is 68.0 Å². The molecule has 2 heterocycles. The first-order valence-electron chi connectivity index (χ1n) is 8.28. The zero-order valence-corrected chi connectivity index (χ0v) is 15.5. The monoisotopic (exact) mass is 393 g/mol. The number of pyridine rings is 1. The average molecular weight is 393 g/mol. The molecule has 2 aromatic heterocycles. The predicted molar refractivity (Wildman–Crippen MR) is 101 cm³/mol. The lowest BCUT2D eigenvalue weighted by molar-refractivity contribution is -0.136. The van der Waals surface area contributed by atoms with Gasteiger partial charge in [-0.2, -0.15) is 13.2 Å². The first-order chi connectivity index (χ1) is 12.7. The number of carbonyl (C=O) groups is 1. The summed E-state index contributed by atoms with van der Waals surface area (Å²) in [5.74, 6) is -0.444. The van der Waals surface area contributed by atoms with E-state index in [2.05, 4.69) is 10.3 Å². The number of rotatable bonds is 4. The number of nitrogens with zero attached hydrogens (tertiary/aromatic N) is 1. The zero-order valence-electron chi connectivity index (χ0n) is 14.7. The number of alkyl halides is 3. The summed E-state index contributed by atoms with van der Waals surface area (Å²) in [6, 6.07) is 10.6. The number of anilines is 1. The molecule has 0 saturated heterocycles. The molecule has 4 nitrogen and oxygen atoms in total. The van der Waals surface area contributed by atoms with Crippen LogP contribution >= 0.6 is 11.3 Å². The molecule has 0 aliphatic rings. The van der Waals surface area contributed by atoms with Crippen LogP contribution in [-0.4, -0.2) is 17.4 Å². The van der Waals surface area contributed by atoms with E-state index in [9.17, 15) is 18.0 Å². The fourth-order valence-corrected chi connectivity index (χ4v) is 3.94. The lowest BCUT2D eigenvalue weighted by Gasteiger charge is -2.13. The second-order valence-corrected chi connectivity index (χ2v) is 7.35. The van der Waals surface area contributed by atoms with Crippen LogP contribution in [0.25, 0.3) is 10.2 Å². The van der Waals surface area contributed by atoms with Gasteiger partial charge in [-0.1, -0.05) is 37.3 Å². The highest BCUT2D eigenvalue weighted by Gasteiger charge is 2.35. The van der Waals surface area contributed by atoms with Gasteiger partial charge in [0, 0.05) is 17.6 Å². The third-order valence-electron chi connectivity index (χ3n) is 4.28. The smallest absolute Gasteiger partial charge is 0.397 e. The number of hydrogen-bond donors (Lipinski definition) is 2. The summed E-state index contributed by atoms with van der Waals surface area (Å²) in [5, 5.41) is 2.55. The Morgan fingerprint density at radius 3 is 2.59 bits per heavy atom. The van der Waals surface area contributed by atoms with Crippen LogP contribution < -0.4 is 11.1 Å². The van der Waals surface area contributed by atoms with E-state index in [0.29, 0.717) is 6.54 Å². The minimum absolute atomic E-state index is 0.0499. The first kappa shape index (κ1) is 19.2. The highest BCUT2D eigenvalue weighted by atomic mass is 32.1. The molecule has 0 aliphatic carbocycles. The Kier molecular flexibility index (Phi) is 5.10. The van der Waals surface area contributed by atoms with Crippen molar-refractivity contribution in [3.05, 3.63) is 58.1 Å². The SMILES string of the molecule is Cc1cc(C(F)(F)F)c2c(N)c(C(=O)NC[C@@H](C)c3ccccc3)sc2n1.